The Balaban J connectivity index is 2.08. The zero-order chi connectivity index (χ0) is 13.2. The van der Waals surface area contributed by atoms with Crippen LogP contribution >= 0.6 is 0 Å². The van der Waals surface area contributed by atoms with Crippen molar-refractivity contribution >= 4 is 16.7 Å². The fourth-order valence-electron chi connectivity index (χ4n) is 2.12. The number of hydrogen-bond donors (Lipinski definition) is 1. The van der Waals surface area contributed by atoms with Crippen LogP contribution < -0.4 is 11.2 Å². The maximum absolute atomic E-state index is 11.8. The van der Waals surface area contributed by atoms with Gasteiger partial charge in [0.2, 0.25) is 0 Å². The molecule has 0 atom stereocenters. The van der Waals surface area contributed by atoms with Gasteiger partial charge >= 0.3 is 0 Å². The van der Waals surface area contributed by atoms with Crippen molar-refractivity contribution in [3.05, 3.63) is 70.6 Å². The molecule has 0 aliphatic carbocycles. The third-order valence-corrected chi connectivity index (χ3v) is 3.09. The highest BCUT2D eigenvalue weighted by molar-refractivity contribution is 5.78. The lowest BCUT2D eigenvalue weighted by atomic mass is 10.2. The summed E-state index contributed by atoms with van der Waals surface area (Å²) in [7, 11) is 0. The zero-order valence-corrected chi connectivity index (χ0v) is 10.3. The lowest BCUT2D eigenvalue weighted by Gasteiger charge is -2.10. The van der Waals surface area contributed by atoms with Gasteiger partial charge in [0.1, 0.15) is 5.82 Å². The zero-order valence-electron chi connectivity index (χ0n) is 10.3. The molecule has 3 aromatic rings. The molecule has 0 radical (unpaired) electrons. The Bertz CT molecular complexity index is 775. The smallest absolute Gasteiger partial charge is 0.189 e. The van der Waals surface area contributed by atoms with Crippen molar-refractivity contribution in [2.24, 2.45) is 0 Å². The van der Waals surface area contributed by atoms with E-state index in [2.05, 4.69) is 4.98 Å². The van der Waals surface area contributed by atoms with E-state index in [1.54, 1.807) is 24.5 Å². The number of aromatic nitrogens is 2. The van der Waals surface area contributed by atoms with Crippen molar-refractivity contribution in [1.82, 2.24) is 9.55 Å². The van der Waals surface area contributed by atoms with E-state index in [4.69, 9.17) is 5.73 Å². The highest BCUT2D eigenvalue weighted by Crippen LogP contribution is 2.12. The minimum Gasteiger partial charge on any atom is -0.384 e. The average Bonchev–Trinajstić information content (AvgIpc) is 2.45. The van der Waals surface area contributed by atoms with Crippen molar-refractivity contribution in [2.75, 3.05) is 5.73 Å². The van der Waals surface area contributed by atoms with Crippen LogP contribution in [0.2, 0.25) is 0 Å². The number of nitrogen functional groups attached to an aromatic ring is 1. The number of nitrogens with zero attached hydrogens (tertiary/aromatic N) is 2. The molecule has 0 bridgehead atoms. The quantitative estimate of drug-likeness (QED) is 0.758. The Labute approximate surface area is 110 Å². The van der Waals surface area contributed by atoms with Gasteiger partial charge in [-0.15, -0.1) is 0 Å². The lowest BCUT2D eigenvalue weighted by molar-refractivity contribution is 0.821. The maximum atomic E-state index is 11.8. The summed E-state index contributed by atoms with van der Waals surface area (Å²) in [6.07, 6.45) is 3.56. The lowest BCUT2D eigenvalue weighted by Crippen LogP contribution is -2.08. The summed E-state index contributed by atoms with van der Waals surface area (Å²) < 4.78 is 2.03. The van der Waals surface area contributed by atoms with Crippen molar-refractivity contribution in [1.29, 1.82) is 0 Å². The first-order valence-corrected chi connectivity index (χ1v) is 6.02. The van der Waals surface area contributed by atoms with E-state index in [0.717, 1.165) is 16.5 Å². The Morgan fingerprint density at radius 3 is 2.74 bits per heavy atom. The first-order chi connectivity index (χ1) is 9.24. The molecule has 94 valence electrons. The molecule has 2 N–H and O–H groups in total. The van der Waals surface area contributed by atoms with E-state index in [1.807, 2.05) is 34.9 Å². The highest BCUT2D eigenvalue weighted by Gasteiger charge is 2.02. The van der Waals surface area contributed by atoms with Gasteiger partial charge in [0.25, 0.3) is 0 Å². The van der Waals surface area contributed by atoms with Crippen molar-refractivity contribution in [3.63, 3.8) is 0 Å². The minimum atomic E-state index is 0.0438. The van der Waals surface area contributed by atoms with Gasteiger partial charge in [-0.25, -0.2) is 4.98 Å². The summed E-state index contributed by atoms with van der Waals surface area (Å²) in [4.78, 5) is 15.9. The molecule has 0 aliphatic heterocycles. The molecule has 0 fully saturated rings. The summed E-state index contributed by atoms with van der Waals surface area (Å²) in [6, 6.07) is 12.9. The molecule has 0 aliphatic rings. The maximum Gasteiger partial charge on any atom is 0.189 e. The van der Waals surface area contributed by atoms with Crippen LogP contribution in [0.4, 0.5) is 5.82 Å². The number of anilines is 1. The fraction of sp³-hybridized carbons (Fsp3) is 0.0667. The standard InChI is InChI=1S/C15H13N3O/c16-15-6-5-11(9-17-15)10-18-8-7-14(19)12-3-1-2-4-13(12)18/h1-9H,10H2,(H2,16,17). The fourth-order valence-corrected chi connectivity index (χ4v) is 2.12. The largest absolute Gasteiger partial charge is 0.384 e. The van der Waals surface area contributed by atoms with E-state index in [1.165, 1.54) is 0 Å². The topological polar surface area (TPSA) is 60.9 Å². The van der Waals surface area contributed by atoms with Crippen LogP contribution in [0.5, 0.6) is 0 Å². The Morgan fingerprint density at radius 2 is 1.95 bits per heavy atom. The van der Waals surface area contributed by atoms with E-state index in [0.29, 0.717) is 12.4 Å². The normalized spacial score (nSPS) is 10.7. The molecule has 2 aromatic heterocycles. The molecule has 19 heavy (non-hydrogen) atoms. The predicted molar refractivity (Wildman–Crippen MR) is 76.0 cm³/mol. The van der Waals surface area contributed by atoms with Crippen molar-refractivity contribution in [2.45, 2.75) is 6.54 Å². The second-order valence-corrected chi connectivity index (χ2v) is 4.42. The number of fused-ring (bicyclic) bond motifs is 1. The second-order valence-electron chi connectivity index (χ2n) is 4.42. The molecular weight excluding hydrogens is 238 g/mol. The molecule has 4 heteroatoms. The van der Waals surface area contributed by atoms with Crippen LogP contribution in [0.15, 0.2) is 59.7 Å². The van der Waals surface area contributed by atoms with Crippen LogP contribution in [0.1, 0.15) is 5.56 Å². The molecule has 0 unspecified atom stereocenters. The first-order valence-electron chi connectivity index (χ1n) is 6.02. The number of nitrogens with two attached hydrogens (primary N) is 1. The van der Waals surface area contributed by atoms with E-state index >= 15 is 0 Å². The van der Waals surface area contributed by atoms with E-state index in [9.17, 15) is 4.79 Å². The summed E-state index contributed by atoms with van der Waals surface area (Å²) in [5, 5.41) is 0.730. The molecule has 2 heterocycles. The Morgan fingerprint density at radius 1 is 1.11 bits per heavy atom. The summed E-state index contributed by atoms with van der Waals surface area (Å²) in [6.45, 7) is 0.661. The van der Waals surface area contributed by atoms with Crippen LogP contribution in [0, 0.1) is 0 Å². The van der Waals surface area contributed by atoms with Gasteiger partial charge < -0.3 is 10.3 Å². The van der Waals surface area contributed by atoms with Gasteiger partial charge in [0.05, 0.1) is 5.52 Å². The van der Waals surface area contributed by atoms with Gasteiger partial charge in [-0.1, -0.05) is 18.2 Å². The monoisotopic (exact) mass is 251 g/mol. The van der Waals surface area contributed by atoms with Crippen LogP contribution in [-0.2, 0) is 6.54 Å². The molecule has 0 saturated carbocycles. The van der Waals surface area contributed by atoms with Gasteiger partial charge in [-0.3, -0.25) is 4.79 Å². The summed E-state index contributed by atoms with van der Waals surface area (Å²) in [5.74, 6) is 0.508. The van der Waals surface area contributed by atoms with Crippen molar-refractivity contribution in [3.8, 4) is 0 Å². The number of para-hydroxylation sites is 1. The average molecular weight is 251 g/mol. The SMILES string of the molecule is Nc1ccc(Cn2ccc(=O)c3ccccc32)cn1. The van der Waals surface area contributed by atoms with E-state index < -0.39 is 0 Å². The number of rotatable bonds is 2. The number of hydrogen-bond acceptors (Lipinski definition) is 3. The van der Waals surface area contributed by atoms with Gasteiger partial charge in [-0.05, 0) is 23.8 Å². The molecule has 3 rings (SSSR count). The third kappa shape index (κ3) is 2.20. The first kappa shape index (κ1) is 11.5. The second kappa shape index (κ2) is 4.57. The molecule has 0 saturated heterocycles. The summed E-state index contributed by atoms with van der Waals surface area (Å²) in [5.41, 5.74) is 7.58. The van der Waals surface area contributed by atoms with Crippen LogP contribution in [0.3, 0.4) is 0 Å². The third-order valence-electron chi connectivity index (χ3n) is 3.09. The molecule has 0 amide bonds. The van der Waals surface area contributed by atoms with Gasteiger partial charge in [-0.2, -0.15) is 0 Å². The van der Waals surface area contributed by atoms with E-state index in [-0.39, 0.29) is 5.43 Å². The minimum absolute atomic E-state index is 0.0438. The molecule has 0 spiro atoms. The Kier molecular flexibility index (Phi) is 2.76. The molecule has 1 aromatic carbocycles. The summed E-state index contributed by atoms with van der Waals surface area (Å²) >= 11 is 0. The molecule has 4 nitrogen and oxygen atoms in total. The Hall–Kier alpha value is -2.62. The number of pyridine rings is 2. The predicted octanol–water partition coefficient (Wildman–Crippen LogP) is 2.03. The van der Waals surface area contributed by atoms with Crippen LogP contribution in [0.25, 0.3) is 10.9 Å². The highest BCUT2D eigenvalue weighted by atomic mass is 16.1. The number of benzene rings is 1. The van der Waals surface area contributed by atoms with Crippen molar-refractivity contribution < 1.29 is 0 Å². The van der Waals surface area contributed by atoms with Gasteiger partial charge in [0, 0.05) is 30.4 Å². The molecular formula is C15H13N3O. The van der Waals surface area contributed by atoms with Gasteiger partial charge in [0.15, 0.2) is 5.43 Å². The van der Waals surface area contributed by atoms with Crippen LogP contribution in [-0.4, -0.2) is 9.55 Å².